The van der Waals surface area contributed by atoms with Gasteiger partial charge in [-0.1, -0.05) is 47.5 Å². The van der Waals surface area contributed by atoms with E-state index >= 15 is 0 Å². The highest BCUT2D eigenvalue weighted by Crippen LogP contribution is 2.35. The zero-order chi connectivity index (χ0) is 32.5. The molecule has 45 heavy (non-hydrogen) atoms. The molecule has 4 rings (SSSR count). The lowest BCUT2D eigenvalue weighted by molar-refractivity contribution is -0.139. The molecule has 1 amide bonds. The standard InChI is InChI=1S/C31H29Cl2IN4O6S/c1-4-42-30(40)27-17(2)36-31(45)37-28(27)20-7-5-6-8-24(20)43-16-26(39)38-35-14-19-12-23(34)29(25(13-19)41-3)44-15-18-9-10-21(32)22(33)11-18/h5-14,28H,4,15-16H2,1-3H3,(H,38,39)(H2,36,37,45)/t28-/m1/s1. The molecule has 1 heterocycles. The Morgan fingerprint density at radius 3 is 2.60 bits per heavy atom. The van der Waals surface area contributed by atoms with E-state index in [1.807, 2.05) is 12.1 Å². The Balaban J connectivity index is 1.39. The number of allylic oxidation sites excluding steroid dienone is 1. The van der Waals surface area contributed by atoms with Gasteiger partial charge in [-0.2, -0.15) is 5.10 Å². The first-order valence-electron chi connectivity index (χ1n) is 13.5. The smallest absolute Gasteiger partial charge is 0.338 e. The van der Waals surface area contributed by atoms with Crippen LogP contribution in [-0.4, -0.2) is 43.5 Å². The summed E-state index contributed by atoms with van der Waals surface area (Å²) in [4.78, 5) is 25.4. The van der Waals surface area contributed by atoms with Gasteiger partial charge >= 0.3 is 5.97 Å². The fraction of sp³-hybridized carbons (Fsp3) is 0.226. The number of carbonyl (C=O) groups is 2. The highest BCUT2D eigenvalue weighted by molar-refractivity contribution is 14.1. The van der Waals surface area contributed by atoms with Crippen molar-refractivity contribution in [3.8, 4) is 17.2 Å². The molecule has 0 aromatic heterocycles. The van der Waals surface area contributed by atoms with Crippen LogP contribution >= 0.6 is 58.0 Å². The Kier molecular flexibility index (Phi) is 12.3. The zero-order valence-corrected chi connectivity index (χ0v) is 28.9. The number of rotatable bonds is 12. The molecule has 0 spiro atoms. The van der Waals surface area contributed by atoms with Crippen molar-refractivity contribution in [3.63, 3.8) is 0 Å². The van der Waals surface area contributed by atoms with Gasteiger partial charge in [0.15, 0.2) is 23.2 Å². The molecule has 3 aromatic carbocycles. The number of benzene rings is 3. The van der Waals surface area contributed by atoms with Crippen LogP contribution in [0, 0.1) is 3.57 Å². The van der Waals surface area contributed by atoms with Crippen molar-refractivity contribution in [2.45, 2.75) is 26.5 Å². The van der Waals surface area contributed by atoms with Crippen LogP contribution in [0.5, 0.6) is 17.2 Å². The molecule has 0 radical (unpaired) electrons. The number of hydrogen-bond acceptors (Lipinski definition) is 8. The topological polar surface area (TPSA) is 120 Å². The average Bonchev–Trinajstić information content (AvgIpc) is 3.00. The SMILES string of the molecule is CCOC(=O)C1=C(C)NC(=S)N[C@@H]1c1ccccc1OCC(=O)NN=Cc1cc(I)c(OCc2ccc(Cl)c(Cl)c2)c(OC)c1. The number of ether oxygens (including phenoxy) is 4. The lowest BCUT2D eigenvalue weighted by atomic mass is 9.95. The summed E-state index contributed by atoms with van der Waals surface area (Å²) in [5, 5.41) is 11.4. The Labute approximate surface area is 289 Å². The van der Waals surface area contributed by atoms with Gasteiger partial charge in [-0.3, -0.25) is 4.79 Å². The molecule has 10 nitrogen and oxygen atoms in total. The Hall–Kier alpha value is -3.59. The molecule has 1 atom stereocenters. The molecule has 3 aromatic rings. The predicted octanol–water partition coefficient (Wildman–Crippen LogP) is 6.07. The second kappa shape index (κ2) is 16.1. The van der Waals surface area contributed by atoms with Crippen molar-refractivity contribution in [1.82, 2.24) is 16.1 Å². The van der Waals surface area contributed by atoms with Crippen molar-refractivity contribution >= 4 is 81.2 Å². The Morgan fingerprint density at radius 1 is 1.09 bits per heavy atom. The number of esters is 1. The first kappa shape index (κ1) is 34.3. The van der Waals surface area contributed by atoms with E-state index in [0.29, 0.717) is 54.8 Å². The van der Waals surface area contributed by atoms with Crippen molar-refractivity contribution in [2.75, 3.05) is 20.3 Å². The molecular formula is C31H29Cl2IN4O6S. The molecule has 3 N–H and O–H groups in total. The van der Waals surface area contributed by atoms with Crippen LogP contribution < -0.4 is 30.3 Å². The molecule has 236 valence electrons. The van der Waals surface area contributed by atoms with Crippen molar-refractivity contribution in [3.05, 3.63) is 96.2 Å². The van der Waals surface area contributed by atoms with E-state index < -0.39 is 17.9 Å². The summed E-state index contributed by atoms with van der Waals surface area (Å²) in [6, 6.07) is 15.3. The minimum Gasteiger partial charge on any atom is -0.493 e. The normalized spacial score (nSPS) is 14.4. The van der Waals surface area contributed by atoms with Gasteiger partial charge in [0.05, 0.1) is 45.2 Å². The minimum absolute atomic E-state index is 0.218. The van der Waals surface area contributed by atoms with Crippen LogP contribution in [0.1, 0.15) is 36.6 Å². The lowest BCUT2D eigenvalue weighted by Crippen LogP contribution is -2.45. The molecule has 0 bridgehead atoms. The summed E-state index contributed by atoms with van der Waals surface area (Å²) in [5.74, 6) is 0.464. The fourth-order valence-corrected chi connectivity index (χ4v) is 5.72. The van der Waals surface area contributed by atoms with E-state index in [-0.39, 0.29) is 19.8 Å². The number of amides is 1. The van der Waals surface area contributed by atoms with Crippen molar-refractivity contribution < 1.29 is 28.5 Å². The molecule has 1 aliphatic rings. The highest BCUT2D eigenvalue weighted by Gasteiger charge is 2.32. The maximum absolute atomic E-state index is 12.8. The van der Waals surface area contributed by atoms with E-state index in [1.165, 1.54) is 13.3 Å². The molecule has 0 fully saturated rings. The number of nitrogens with zero attached hydrogens (tertiary/aromatic N) is 1. The van der Waals surface area contributed by atoms with Gasteiger partial charge in [-0.25, -0.2) is 10.2 Å². The number of nitrogens with one attached hydrogen (secondary N) is 3. The maximum Gasteiger partial charge on any atom is 0.338 e. The van der Waals surface area contributed by atoms with Gasteiger partial charge in [0.25, 0.3) is 5.91 Å². The summed E-state index contributed by atoms with van der Waals surface area (Å²) >= 11 is 19.6. The number of hydrazone groups is 1. The molecule has 0 saturated carbocycles. The maximum atomic E-state index is 12.8. The third-order valence-electron chi connectivity index (χ3n) is 6.38. The van der Waals surface area contributed by atoms with E-state index in [0.717, 1.165) is 9.13 Å². The van der Waals surface area contributed by atoms with Crippen LogP contribution in [0.4, 0.5) is 0 Å². The molecule has 0 unspecified atom stereocenters. The van der Waals surface area contributed by atoms with Crippen LogP contribution in [0.25, 0.3) is 0 Å². The summed E-state index contributed by atoms with van der Waals surface area (Å²) in [7, 11) is 1.54. The van der Waals surface area contributed by atoms with Crippen molar-refractivity contribution in [2.24, 2.45) is 5.10 Å². The minimum atomic E-state index is -0.636. The first-order chi connectivity index (χ1) is 21.6. The van der Waals surface area contributed by atoms with E-state index in [4.69, 9.17) is 54.4 Å². The van der Waals surface area contributed by atoms with Gasteiger partial charge in [0.1, 0.15) is 12.4 Å². The largest absolute Gasteiger partial charge is 0.493 e. The van der Waals surface area contributed by atoms with Crippen LogP contribution in [0.3, 0.4) is 0 Å². The van der Waals surface area contributed by atoms with E-state index in [2.05, 4.69) is 43.8 Å². The number of halogens is 3. The van der Waals surface area contributed by atoms with E-state index in [1.54, 1.807) is 56.3 Å². The van der Waals surface area contributed by atoms with Gasteiger partial charge < -0.3 is 29.6 Å². The monoisotopic (exact) mass is 782 g/mol. The summed E-state index contributed by atoms with van der Waals surface area (Å²) < 4.78 is 23.4. The van der Waals surface area contributed by atoms with Crippen LogP contribution in [-0.2, 0) is 20.9 Å². The second-order valence-corrected chi connectivity index (χ2v) is 11.9. The Morgan fingerprint density at radius 2 is 1.87 bits per heavy atom. The van der Waals surface area contributed by atoms with Crippen LogP contribution in [0.2, 0.25) is 10.0 Å². The summed E-state index contributed by atoms with van der Waals surface area (Å²) in [5.41, 5.74) is 5.54. The number of hydrogen-bond donors (Lipinski definition) is 3. The molecule has 0 saturated heterocycles. The molecule has 0 aliphatic carbocycles. The predicted molar refractivity (Wildman–Crippen MR) is 185 cm³/mol. The number of methoxy groups -OCH3 is 1. The quantitative estimate of drug-likeness (QED) is 0.0662. The van der Waals surface area contributed by atoms with E-state index in [9.17, 15) is 9.59 Å². The van der Waals surface area contributed by atoms with Crippen molar-refractivity contribution in [1.29, 1.82) is 0 Å². The third-order valence-corrected chi connectivity index (χ3v) is 8.14. The number of carbonyl (C=O) groups excluding carboxylic acids is 2. The summed E-state index contributed by atoms with van der Waals surface area (Å²) in [6.07, 6.45) is 1.48. The lowest BCUT2D eigenvalue weighted by Gasteiger charge is -2.30. The highest BCUT2D eigenvalue weighted by atomic mass is 127. The number of para-hydroxylation sites is 1. The second-order valence-electron chi connectivity index (χ2n) is 9.48. The molecule has 14 heteroatoms. The van der Waals surface area contributed by atoms with Gasteiger partial charge in [-0.05, 0) is 90.1 Å². The average molecular weight is 783 g/mol. The van der Waals surface area contributed by atoms with Gasteiger partial charge in [-0.15, -0.1) is 0 Å². The molecule has 1 aliphatic heterocycles. The first-order valence-corrected chi connectivity index (χ1v) is 15.8. The Bertz CT molecular complexity index is 1670. The van der Waals surface area contributed by atoms with Crippen LogP contribution in [0.15, 0.2) is 71.0 Å². The zero-order valence-electron chi connectivity index (χ0n) is 24.4. The number of thiocarbonyl (C=S) groups is 1. The summed E-state index contributed by atoms with van der Waals surface area (Å²) in [6.45, 7) is 3.63. The molecular weight excluding hydrogens is 754 g/mol. The third kappa shape index (κ3) is 9.00. The van der Waals surface area contributed by atoms with Gasteiger partial charge in [0, 0.05) is 11.3 Å². The van der Waals surface area contributed by atoms with Gasteiger partial charge in [0.2, 0.25) is 0 Å². The fourth-order valence-electron chi connectivity index (χ4n) is 4.35.